The Bertz CT molecular complexity index is 463. The lowest BCUT2D eigenvalue weighted by Crippen LogP contribution is -2.36. The smallest absolute Gasteiger partial charge is 0.198 e. The van der Waals surface area contributed by atoms with Gasteiger partial charge in [0.15, 0.2) is 11.6 Å². The minimum Gasteiger partial charge on any atom is -0.396 e. The molecule has 2 heterocycles. The van der Waals surface area contributed by atoms with Crippen LogP contribution < -0.4 is 0 Å². The molecule has 0 aromatic rings. The van der Waals surface area contributed by atoms with E-state index in [1.165, 1.54) is 70.6 Å². The number of ether oxygens (including phenoxy) is 2. The molecule has 2 aliphatic carbocycles. The topological polar surface area (TPSA) is 86.6 Å². The molecule has 7 nitrogen and oxygen atoms in total. The van der Waals surface area contributed by atoms with Crippen molar-refractivity contribution in [2.24, 2.45) is 11.8 Å². The van der Waals surface area contributed by atoms with Gasteiger partial charge in [0.2, 0.25) is 0 Å². The molecule has 0 amide bonds. The molecule has 0 bridgehead atoms. The minimum atomic E-state index is -0.724. The molecule has 0 spiro atoms. The second-order valence-corrected chi connectivity index (χ2v) is 10.5. The van der Waals surface area contributed by atoms with Gasteiger partial charge in [-0.3, -0.25) is 0 Å². The van der Waals surface area contributed by atoms with Crippen molar-refractivity contribution in [3.05, 3.63) is 0 Å². The fraction of sp³-hybridized carbons (Fsp3) is 1.00. The Morgan fingerprint density at radius 1 is 0.697 bits per heavy atom. The third-order valence-electron chi connectivity index (χ3n) is 7.30. The quantitative estimate of drug-likeness (QED) is 0.341. The van der Waals surface area contributed by atoms with Crippen LogP contribution in [-0.2, 0) is 24.1 Å². The number of aliphatic hydroxyl groups is 1. The number of hydrogen-bond donors (Lipinski definition) is 2. The summed E-state index contributed by atoms with van der Waals surface area (Å²) in [7, 11) is 0. The van der Waals surface area contributed by atoms with E-state index < -0.39 is 11.6 Å². The van der Waals surface area contributed by atoms with Crippen LogP contribution in [0.1, 0.15) is 117 Å². The largest absolute Gasteiger partial charge is 0.396 e. The van der Waals surface area contributed by atoms with E-state index >= 15 is 0 Å². The van der Waals surface area contributed by atoms with Crippen LogP contribution in [0.15, 0.2) is 0 Å². The van der Waals surface area contributed by atoms with Crippen molar-refractivity contribution in [2.45, 2.75) is 128 Å². The first kappa shape index (κ1) is 29.0. The summed E-state index contributed by atoms with van der Waals surface area (Å²) in [6.07, 6.45) is 19.4. The third kappa shape index (κ3) is 12.3. The lowest BCUT2D eigenvalue weighted by Gasteiger charge is -2.32. The Labute approximate surface area is 201 Å². The summed E-state index contributed by atoms with van der Waals surface area (Å²) in [6.45, 7) is 6.36. The summed E-state index contributed by atoms with van der Waals surface area (Å²) >= 11 is 0. The van der Waals surface area contributed by atoms with Gasteiger partial charge in [-0.1, -0.05) is 38.5 Å². The minimum absolute atomic E-state index is 0.417. The van der Waals surface area contributed by atoms with E-state index in [1.54, 1.807) is 6.92 Å². The molecule has 2 atom stereocenters. The van der Waals surface area contributed by atoms with Gasteiger partial charge >= 0.3 is 0 Å². The Kier molecular flexibility index (Phi) is 14.4. The van der Waals surface area contributed by atoms with Crippen LogP contribution in [0.5, 0.6) is 0 Å². The second-order valence-electron chi connectivity index (χ2n) is 10.5. The van der Waals surface area contributed by atoms with Crippen molar-refractivity contribution in [1.82, 2.24) is 0 Å². The van der Waals surface area contributed by atoms with E-state index in [0.29, 0.717) is 25.0 Å². The van der Waals surface area contributed by atoms with E-state index in [-0.39, 0.29) is 0 Å². The van der Waals surface area contributed by atoms with Crippen molar-refractivity contribution < 1.29 is 34.5 Å². The van der Waals surface area contributed by atoms with E-state index in [4.69, 9.17) is 29.6 Å². The Balaban J connectivity index is 0.000000192. The van der Waals surface area contributed by atoms with Crippen LogP contribution in [0, 0.1) is 11.8 Å². The van der Waals surface area contributed by atoms with Crippen molar-refractivity contribution in [3.8, 4) is 0 Å². The fourth-order valence-electron chi connectivity index (χ4n) is 4.93. The van der Waals surface area contributed by atoms with Gasteiger partial charge in [-0.2, -0.15) is 0 Å². The van der Waals surface area contributed by atoms with E-state index in [1.807, 2.05) is 6.92 Å². The van der Waals surface area contributed by atoms with Gasteiger partial charge in [0.05, 0.1) is 19.8 Å². The Hall–Kier alpha value is -0.280. The molecule has 2 unspecified atom stereocenters. The number of hydrogen-bond acceptors (Lipinski definition) is 7. The number of aliphatic hydroxyl groups excluding tert-OH is 1. The molecule has 0 aromatic carbocycles. The summed E-state index contributed by atoms with van der Waals surface area (Å²) in [5.41, 5.74) is 0. The first-order chi connectivity index (χ1) is 16.0. The highest BCUT2D eigenvalue weighted by molar-refractivity contribution is 4.68. The molecule has 4 fully saturated rings. The molecule has 4 aliphatic rings. The van der Waals surface area contributed by atoms with Crippen LogP contribution in [-0.4, -0.2) is 48.4 Å². The maximum absolute atomic E-state index is 8.69. The van der Waals surface area contributed by atoms with Gasteiger partial charge in [-0.05, 0) is 77.0 Å². The molecule has 0 radical (unpaired) electrons. The monoisotopic (exact) mass is 474 g/mol. The zero-order chi connectivity index (χ0) is 23.8. The van der Waals surface area contributed by atoms with Crippen molar-refractivity contribution in [3.63, 3.8) is 0 Å². The molecule has 7 heteroatoms. The van der Waals surface area contributed by atoms with Crippen molar-refractivity contribution in [2.75, 3.05) is 26.4 Å². The molecular formula is C26H50O7. The highest BCUT2D eigenvalue weighted by atomic mass is 17.2. The summed E-state index contributed by atoms with van der Waals surface area (Å²) < 4.78 is 10.7. The van der Waals surface area contributed by atoms with Gasteiger partial charge in [0.1, 0.15) is 0 Å². The Morgan fingerprint density at radius 2 is 1.21 bits per heavy atom. The standard InChI is InChI=1S/C13H24O3.C7H14O.C6H12O3/c1-13(9-5-6-10-14-13)16-15-11-12-7-3-2-4-8-12;8-6-7-4-2-1-3-5-7;1-6(9-7)4-2-3-5-8-6/h12H,2-11H2,1H3;7-8H,1-6H2;7H,2-5H2,1H3. The van der Waals surface area contributed by atoms with Crippen LogP contribution >= 0.6 is 0 Å². The summed E-state index contributed by atoms with van der Waals surface area (Å²) in [6, 6.07) is 0. The molecular weight excluding hydrogens is 424 g/mol. The second kappa shape index (κ2) is 16.4. The Morgan fingerprint density at radius 3 is 1.61 bits per heavy atom. The zero-order valence-corrected chi connectivity index (χ0v) is 21.2. The lowest BCUT2D eigenvalue weighted by molar-refractivity contribution is -0.433. The van der Waals surface area contributed by atoms with Crippen molar-refractivity contribution >= 4 is 0 Å². The molecule has 2 saturated heterocycles. The van der Waals surface area contributed by atoms with E-state index in [9.17, 15) is 0 Å². The van der Waals surface area contributed by atoms with Gasteiger partial charge in [-0.25, -0.2) is 19.9 Å². The van der Waals surface area contributed by atoms with Crippen LogP contribution in [0.4, 0.5) is 0 Å². The van der Waals surface area contributed by atoms with Crippen LogP contribution in [0.3, 0.4) is 0 Å². The number of rotatable bonds is 6. The maximum Gasteiger partial charge on any atom is 0.198 e. The first-order valence-electron chi connectivity index (χ1n) is 13.5. The molecule has 2 N–H and O–H groups in total. The van der Waals surface area contributed by atoms with Crippen molar-refractivity contribution in [1.29, 1.82) is 0 Å². The van der Waals surface area contributed by atoms with Crippen LogP contribution in [0.25, 0.3) is 0 Å². The summed E-state index contributed by atoms with van der Waals surface area (Å²) in [5, 5.41) is 17.0. The summed E-state index contributed by atoms with van der Waals surface area (Å²) in [4.78, 5) is 15.0. The molecule has 196 valence electrons. The molecule has 33 heavy (non-hydrogen) atoms. The maximum atomic E-state index is 8.69. The highest BCUT2D eigenvalue weighted by Crippen LogP contribution is 2.28. The highest BCUT2D eigenvalue weighted by Gasteiger charge is 2.30. The fourth-order valence-corrected chi connectivity index (χ4v) is 4.93. The molecule has 0 aromatic heterocycles. The van der Waals surface area contributed by atoms with Gasteiger partial charge < -0.3 is 14.6 Å². The zero-order valence-electron chi connectivity index (χ0n) is 21.2. The average Bonchev–Trinajstić information content (AvgIpc) is 2.87. The van der Waals surface area contributed by atoms with Gasteiger partial charge in [-0.15, -0.1) is 0 Å². The first-order valence-corrected chi connectivity index (χ1v) is 13.5. The van der Waals surface area contributed by atoms with E-state index in [0.717, 1.165) is 45.3 Å². The third-order valence-corrected chi connectivity index (χ3v) is 7.30. The molecule has 2 saturated carbocycles. The SMILES string of the molecule is CC1(OO)CCCCO1.CC1(OOCC2CCCCC2)CCCCO1.OCC1CCCCC1. The van der Waals surface area contributed by atoms with E-state index in [2.05, 4.69) is 4.89 Å². The average molecular weight is 475 g/mol. The predicted octanol–water partition coefficient (Wildman–Crippen LogP) is 6.38. The van der Waals surface area contributed by atoms with Gasteiger partial charge in [0, 0.05) is 19.4 Å². The van der Waals surface area contributed by atoms with Gasteiger partial charge in [0.25, 0.3) is 0 Å². The summed E-state index contributed by atoms with van der Waals surface area (Å²) in [5.74, 6) is 0.121. The normalized spacial score (nSPS) is 31.6. The predicted molar refractivity (Wildman–Crippen MR) is 127 cm³/mol. The molecule has 4 rings (SSSR count). The lowest BCUT2D eigenvalue weighted by atomic mass is 9.90. The van der Waals surface area contributed by atoms with Crippen LogP contribution in [0.2, 0.25) is 0 Å². The molecule has 2 aliphatic heterocycles.